The van der Waals surface area contributed by atoms with Crippen LogP contribution in [0.3, 0.4) is 0 Å². The van der Waals surface area contributed by atoms with Gasteiger partial charge in [-0.1, -0.05) is 84.9 Å². The lowest BCUT2D eigenvalue weighted by Crippen LogP contribution is -2.34. The molecule has 0 spiro atoms. The normalized spacial score (nSPS) is 10.8. The van der Waals surface area contributed by atoms with Crippen LogP contribution in [-0.4, -0.2) is 16.0 Å². The van der Waals surface area contributed by atoms with E-state index in [0.29, 0.717) is 28.2 Å². The number of thiocarbonyl (C=S) groups is 1. The fraction of sp³-hybridized carbons (Fsp3) is 0. The molecule has 0 aliphatic rings. The quantitative estimate of drug-likeness (QED) is 0.224. The van der Waals surface area contributed by atoms with Crippen molar-refractivity contribution in [1.82, 2.24) is 10.3 Å². The number of anilines is 1. The van der Waals surface area contributed by atoms with Crippen LogP contribution < -0.4 is 10.6 Å². The molecule has 0 saturated heterocycles. The average Bonchev–Trinajstić information content (AvgIpc) is 3.42. The van der Waals surface area contributed by atoms with E-state index < -0.39 is 0 Å². The topological polar surface area (TPSA) is 67.2 Å². The fourth-order valence-electron chi connectivity index (χ4n) is 4.35. The van der Waals surface area contributed by atoms with Crippen molar-refractivity contribution in [3.05, 3.63) is 133 Å². The summed E-state index contributed by atoms with van der Waals surface area (Å²) in [6.45, 7) is 0. The SMILES string of the molecule is O=C(NC(=S)Nc1ccc2oc(-c3ccc(-c4ccccc4)cc3)nc2c1)c1ccc(-c2ccccc2)cc1. The molecule has 39 heavy (non-hydrogen) atoms. The predicted octanol–water partition coefficient (Wildman–Crippen LogP) is 7.96. The number of amides is 1. The third-order valence-electron chi connectivity index (χ3n) is 6.37. The van der Waals surface area contributed by atoms with Gasteiger partial charge in [0.2, 0.25) is 5.89 Å². The van der Waals surface area contributed by atoms with Gasteiger partial charge in [0.25, 0.3) is 5.91 Å². The lowest BCUT2D eigenvalue weighted by atomic mass is 10.0. The number of nitrogens with one attached hydrogen (secondary N) is 2. The van der Waals surface area contributed by atoms with E-state index in [0.717, 1.165) is 27.8 Å². The Morgan fingerprint density at radius 1 is 0.641 bits per heavy atom. The number of fused-ring (bicyclic) bond motifs is 1. The van der Waals surface area contributed by atoms with Crippen LogP contribution in [0.4, 0.5) is 5.69 Å². The Balaban J connectivity index is 1.11. The van der Waals surface area contributed by atoms with E-state index >= 15 is 0 Å². The molecule has 5 aromatic carbocycles. The Morgan fingerprint density at radius 3 is 1.79 bits per heavy atom. The molecule has 0 atom stereocenters. The fourth-order valence-corrected chi connectivity index (χ4v) is 4.56. The first-order chi connectivity index (χ1) is 19.1. The Kier molecular flexibility index (Phi) is 6.68. The molecule has 2 N–H and O–H groups in total. The zero-order valence-electron chi connectivity index (χ0n) is 20.8. The lowest BCUT2D eigenvalue weighted by molar-refractivity contribution is 0.0977. The Morgan fingerprint density at radius 2 is 1.18 bits per heavy atom. The van der Waals surface area contributed by atoms with Crippen LogP contribution in [0, 0.1) is 0 Å². The minimum Gasteiger partial charge on any atom is -0.436 e. The van der Waals surface area contributed by atoms with Crippen LogP contribution in [0.5, 0.6) is 0 Å². The van der Waals surface area contributed by atoms with Gasteiger partial charge in [0, 0.05) is 16.8 Å². The smallest absolute Gasteiger partial charge is 0.257 e. The summed E-state index contributed by atoms with van der Waals surface area (Å²) in [7, 11) is 0. The summed E-state index contributed by atoms with van der Waals surface area (Å²) in [5.41, 5.74) is 7.89. The number of aromatic nitrogens is 1. The first-order valence-electron chi connectivity index (χ1n) is 12.5. The van der Waals surface area contributed by atoms with Crippen molar-refractivity contribution in [2.45, 2.75) is 0 Å². The molecule has 6 aromatic rings. The van der Waals surface area contributed by atoms with Gasteiger partial charge in [0.05, 0.1) is 0 Å². The standard InChI is InChI=1S/C33H23N3O2S/c37-31(26-15-11-24(12-16-26)22-7-3-1-4-8-22)36-33(39)34-28-19-20-30-29(21-28)35-32(38-30)27-17-13-25(14-18-27)23-9-5-2-6-10-23/h1-21H,(H2,34,36,37,39). The van der Waals surface area contributed by atoms with Gasteiger partial charge in [-0.2, -0.15) is 0 Å². The Labute approximate surface area is 231 Å². The maximum absolute atomic E-state index is 12.7. The van der Waals surface area contributed by atoms with Gasteiger partial charge in [-0.15, -0.1) is 0 Å². The zero-order valence-corrected chi connectivity index (χ0v) is 21.6. The number of benzene rings is 5. The van der Waals surface area contributed by atoms with Crippen molar-refractivity contribution in [1.29, 1.82) is 0 Å². The van der Waals surface area contributed by atoms with E-state index in [1.807, 2.05) is 91.0 Å². The number of carbonyl (C=O) groups is 1. The van der Waals surface area contributed by atoms with E-state index in [4.69, 9.17) is 16.6 Å². The summed E-state index contributed by atoms with van der Waals surface area (Å²) in [5.74, 6) is 0.257. The molecule has 1 amide bonds. The summed E-state index contributed by atoms with van der Waals surface area (Å²) >= 11 is 5.38. The Bertz CT molecular complexity index is 1760. The lowest BCUT2D eigenvalue weighted by Gasteiger charge is -2.10. The molecule has 0 unspecified atom stereocenters. The second kappa shape index (κ2) is 10.7. The van der Waals surface area contributed by atoms with E-state index in [1.165, 1.54) is 0 Å². The van der Waals surface area contributed by atoms with Crippen molar-refractivity contribution in [3.63, 3.8) is 0 Å². The highest BCUT2D eigenvalue weighted by atomic mass is 32.1. The molecular weight excluding hydrogens is 502 g/mol. The highest BCUT2D eigenvalue weighted by Gasteiger charge is 2.12. The van der Waals surface area contributed by atoms with Gasteiger partial charge < -0.3 is 9.73 Å². The van der Waals surface area contributed by atoms with Crippen molar-refractivity contribution in [3.8, 4) is 33.7 Å². The van der Waals surface area contributed by atoms with Crippen LogP contribution in [0.1, 0.15) is 10.4 Å². The van der Waals surface area contributed by atoms with Gasteiger partial charge in [-0.05, 0) is 76.9 Å². The number of carbonyl (C=O) groups excluding carboxylic acids is 1. The highest BCUT2D eigenvalue weighted by molar-refractivity contribution is 7.80. The molecule has 188 valence electrons. The van der Waals surface area contributed by atoms with Gasteiger partial charge in [-0.3, -0.25) is 10.1 Å². The van der Waals surface area contributed by atoms with Gasteiger partial charge in [-0.25, -0.2) is 4.98 Å². The molecule has 0 bridgehead atoms. The van der Waals surface area contributed by atoms with Crippen molar-refractivity contribution in [2.24, 2.45) is 0 Å². The Hall–Kier alpha value is -5.07. The van der Waals surface area contributed by atoms with Crippen LogP contribution >= 0.6 is 12.2 Å². The molecular formula is C33H23N3O2S. The number of rotatable bonds is 5. The molecule has 0 radical (unpaired) electrons. The summed E-state index contributed by atoms with van der Waals surface area (Å²) in [4.78, 5) is 17.4. The van der Waals surface area contributed by atoms with E-state index in [9.17, 15) is 4.79 Å². The van der Waals surface area contributed by atoms with Crippen LogP contribution in [-0.2, 0) is 0 Å². The maximum atomic E-state index is 12.7. The molecule has 0 saturated carbocycles. The average molecular weight is 526 g/mol. The molecule has 1 aromatic heterocycles. The summed E-state index contributed by atoms with van der Waals surface area (Å²) in [6.07, 6.45) is 0. The summed E-state index contributed by atoms with van der Waals surface area (Å²) < 4.78 is 5.98. The van der Waals surface area contributed by atoms with Crippen LogP contribution in [0.2, 0.25) is 0 Å². The second-order valence-corrected chi connectivity index (χ2v) is 9.40. The second-order valence-electron chi connectivity index (χ2n) is 9.00. The highest BCUT2D eigenvalue weighted by Crippen LogP contribution is 2.28. The number of oxazole rings is 1. The van der Waals surface area contributed by atoms with E-state index in [2.05, 4.69) is 39.9 Å². The monoisotopic (exact) mass is 525 g/mol. The van der Waals surface area contributed by atoms with Crippen molar-refractivity contribution < 1.29 is 9.21 Å². The first-order valence-corrected chi connectivity index (χ1v) is 12.9. The summed E-state index contributed by atoms with van der Waals surface area (Å²) in [5, 5.41) is 6.00. The zero-order chi connectivity index (χ0) is 26.6. The minimum atomic E-state index is -0.282. The number of nitrogens with zero attached hydrogens (tertiary/aromatic N) is 1. The van der Waals surface area contributed by atoms with E-state index in [-0.39, 0.29) is 11.0 Å². The van der Waals surface area contributed by atoms with Crippen LogP contribution in [0.15, 0.2) is 132 Å². The maximum Gasteiger partial charge on any atom is 0.257 e. The molecule has 0 fully saturated rings. The number of hydrogen-bond acceptors (Lipinski definition) is 4. The third kappa shape index (κ3) is 5.46. The summed E-state index contributed by atoms with van der Waals surface area (Å²) in [6, 6.07) is 41.3. The van der Waals surface area contributed by atoms with Gasteiger partial charge >= 0.3 is 0 Å². The molecule has 6 heteroatoms. The predicted molar refractivity (Wildman–Crippen MR) is 160 cm³/mol. The first kappa shape index (κ1) is 24.3. The van der Waals surface area contributed by atoms with Gasteiger partial charge in [0.15, 0.2) is 10.7 Å². The van der Waals surface area contributed by atoms with Gasteiger partial charge in [0.1, 0.15) is 5.52 Å². The van der Waals surface area contributed by atoms with Crippen LogP contribution in [0.25, 0.3) is 44.8 Å². The molecule has 6 rings (SSSR count). The molecule has 1 heterocycles. The number of hydrogen-bond donors (Lipinski definition) is 2. The van der Waals surface area contributed by atoms with Crippen molar-refractivity contribution >= 4 is 40.0 Å². The van der Waals surface area contributed by atoms with E-state index in [1.54, 1.807) is 12.1 Å². The minimum absolute atomic E-state index is 0.201. The van der Waals surface area contributed by atoms with Crippen molar-refractivity contribution in [2.75, 3.05) is 5.32 Å². The molecule has 0 aliphatic heterocycles. The largest absolute Gasteiger partial charge is 0.436 e. The molecule has 0 aliphatic carbocycles. The third-order valence-corrected chi connectivity index (χ3v) is 6.57. The molecule has 5 nitrogen and oxygen atoms in total.